The molecule has 1 fully saturated rings. The molecule has 0 radical (unpaired) electrons. The number of piperazine rings is 1. The lowest BCUT2D eigenvalue weighted by molar-refractivity contribution is -0.137. The van der Waals surface area contributed by atoms with Crippen molar-refractivity contribution >= 4 is 34.6 Å². The van der Waals surface area contributed by atoms with Gasteiger partial charge >= 0.3 is 6.18 Å². The van der Waals surface area contributed by atoms with Crippen molar-refractivity contribution in [3.63, 3.8) is 0 Å². The maximum Gasteiger partial charge on any atom is 0.416 e. The molecule has 2 aliphatic heterocycles. The number of halogens is 4. The topological polar surface area (TPSA) is 80.7 Å². The number of aryl methyl sites for hydroxylation is 1. The molecule has 1 saturated heterocycles. The number of hydrogen-bond donors (Lipinski definition) is 3. The first-order valence-corrected chi connectivity index (χ1v) is 13.1. The molecule has 0 bridgehead atoms. The van der Waals surface area contributed by atoms with Crippen molar-refractivity contribution in [3.05, 3.63) is 81.8 Å². The van der Waals surface area contributed by atoms with E-state index in [0.29, 0.717) is 22.8 Å². The monoisotopic (exact) mass is 574 g/mol. The van der Waals surface area contributed by atoms with E-state index in [1.54, 1.807) is 40.3 Å². The van der Waals surface area contributed by atoms with Crippen LogP contribution in [0.1, 0.15) is 32.7 Å². The first-order chi connectivity index (χ1) is 19.0. The zero-order valence-corrected chi connectivity index (χ0v) is 23.1. The first kappa shape index (κ1) is 28.0. The van der Waals surface area contributed by atoms with E-state index in [0.717, 1.165) is 55.3 Å². The quantitative estimate of drug-likeness (QED) is 0.407. The van der Waals surface area contributed by atoms with Crippen molar-refractivity contribution in [2.75, 3.05) is 43.6 Å². The lowest BCUT2D eigenvalue weighted by Gasteiger charge is -2.32. The number of alkyl halides is 3. The molecule has 2 aromatic carbocycles. The van der Waals surface area contributed by atoms with Gasteiger partial charge in [0.1, 0.15) is 0 Å². The van der Waals surface area contributed by atoms with Gasteiger partial charge in [-0.05, 0) is 55.9 Å². The molecule has 0 atom stereocenters. The van der Waals surface area contributed by atoms with Crippen molar-refractivity contribution in [1.82, 2.24) is 30.5 Å². The van der Waals surface area contributed by atoms with Gasteiger partial charge in [0.15, 0.2) is 0 Å². The second kappa shape index (κ2) is 11.1. The van der Waals surface area contributed by atoms with E-state index in [2.05, 4.69) is 31.2 Å². The van der Waals surface area contributed by atoms with E-state index in [1.807, 2.05) is 21.0 Å². The molecular formula is C27H30ClF3N8O. The van der Waals surface area contributed by atoms with Gasteiger partial charge in [0.2, 0.25) is 0 Å². The molecule has 3 N–H and O–H groups in total. The molecule has 0 unspecified atom stereocenters. The normalized spacial score (nSPS) is 16.7. The summed E-state index contributed by atoms with van der Waals surface area (Å²) in [4.78, 5) is 17.5. The van der Waals surface area contributed by atoms with Gasteiger partial charge in [0, 0.05) is 68.5 Å². The minimum Gasteiger partial charge on any atom is -0.322 e. The molecule has 212 valence electrons. The van der Waals surface area contributed by atoms with Crippen molar-refractivity contribution in [2.45, 2.75) is 19.6 Å². The Morgan fingerprint density at radius 1 is 1.10 bits per heavy atom. The predicted octanol–water partition coefficient (Wildman–Crippen LogP) is 4.23. The maximum atomic E-state index is 13.7. The molecule has 3 aromatic rings. The highest BCUT2D eigenvalue weighted by Crippen LogP contribution is 2.33. The zero-order chi connectivity index (χ0) is 28.6. The smallest absolute Gasteiger partial charge is 0.322 e. The van der Waals surface area contributed by atoms with Crippen LogP contribution in [-0.4, -0.2) is 58.7 Å². The van der Waals surface area contributed by atoms with E-state index >= 15 is 0 Å². The minimum absolute atomic E-state index is 0.0793. The van der Waals surface area contributed by atoms with Crippen molar-refractivity contribution < 1.29 is 18.0 Å². The Labute approximate surface area is 235 Å². The van der Waals surface area contributed by atoms with Crippen LogP contribution in [-0.2, 0) is 19.8 Å². The largest absolute Gasteiger partial charge is 0.416 e. The third kappa shape index (κ3) is 6.09. The summed E-state index contributed by atoms with van der Waals surface area (Å²) in [6.07, 6.45) is -1.03. The van der Waals surface area contributed by atoms with Crippen LogP contribution in [0.2, 0.25) is 5.02 Å². The van der Waals surface area contributed by atoms with Crippen LogP contribution in [0.5, 0.6) is 0 Å². The van der Waals surface area contributed by atoms with Crippen molar-refractivity contribution in [2.24, 2.45) is 7.05 Å². The molecule has 0 aliphatic carbocycles. The Morgan fingerprint density at radius 2 is 1.85 bits per heavy atom. The van der Waals surface area contributed by atoms with Gasteiger partial charge in [0.25, 0.3) is 5.91 Å². The molecule has 2 aliphatic rings. The van der Waals surface area contributed by atoms with E-state index in [9.17, 15) is 18.0 Å². The molecule has 40 heavy (non-hydrogen) atoms. The number of nitrogens with zero attached hydrogens (tertiary/aromatic N) is 5. The fraction of sp³-hybridized carbons (Fsp3) is 0.333. The van der Waals surface area contributed by atoms with Crippen LogP contribution in [0.25, 0.3) is 5.70 Å². The average Bonchev–Trinajstić information content (AvgIpc) is 3.51. The number of nitrogens with one attached hydrogen (secondary N) is 3. The lowest BCUT2D eigenvalue weighted by atomic mass is 10.1. The number of aromatic nitrogens is 2. The fourth-order valence-electron chi connectivity index (χ4n) is 4.67. The second-order valence-electron chi connectivity index (χ2n) is 10.0. The highest BCUT2D eigenvalue weighted by molar-refractivity contribution is 6.33. The number of likely N-dealkylation sites (N-methyl/N-ethyl adjacent to an activating group) is 1. The number of carbonyl (C=O) groups is 1. The highest BCUT2D eigenvalue weighted by atomic mass is 35.5. The predicted molar refractivity (Wildman–Crippen MR) is 148 cm³/mol. The summed E-state index contributed by atoms with van der Waals surface area (Å²) in [5.41, 5.74) is 9.14. The molecule has 9 nitrogen and oxygen atoms in total. The van der Waals surface area contributed by atoms with Crippen LogP contribution in [0, 0.1) is 6.92 Å². The molecule has 3 heterocycles. The Kier molecular flexibility index (Phi) is 7.78. The second-order valence-corrected chi connectivity index (χ2v) is 10.4. The molecule has 1 aromatic heterocycles. The summed E-state index contributed by atoms with van der Waals surface area (Å²) in [5.74, 6) is -0.553. The van der Waals surface area contributed by atoms with E-state index in [-0.39, 0.29) is 11.3 Å². The minimum atomic E-state index is -4.55. The van der Waals surface area contributed by atoms with Crippen molar-refractivity contribution in [1.29, 1.82) is 0 Å². The molecule has 0 saturated carbocycles. The van der Waals surface area contributed by atoms with Crippen LogP contribution < -0.4 is 21.3 Å². The third-order valence-electron chi connectivity index (χ3n) is 7.14. The van der Waals surface area contributed by atoms with Gasteiger partial charge in [-0.1, -0.05) is 11.6 Å². The van der Waals surface area contributed by atoms with Crippen LogP contribution in [0.4, 0.5) is 24.5 Å². The summed E-state index contributed by atoms with van der Waals surface area (Å²) in [7, 11) is 3.86. The zero-order valence-electron chi connectivity index (χ0n) is 22.3. The highest BCUT2D eigenvalue weighted by Gasteiger charge is 2.32. The number of carbonyl (C=O) groups excluding carboxylic acids is 1. The summed E-state index contributed by atoms with van der Waals surface area (Å²) in [5, 5.41) is 8.90. The van der Waals surface area contributed by atoms with Crippen LogP contribution in [0.3, 0.4) is 0 Å². The Hall–Kier alpha value is -3.58. The number of rotatable bonds is 6. The fourth-order valence-corrected chi connectivity index (χ4v) is 4.88. The van der Waals surface area contributed by atoms with E-state index in [1.165, 1.54) is 6.07 Å². The Bertz CT molecular complexity index is 1450. The molecule has 1 amide bonds. The Morgan fingerprint density at radius 3 is 2.52 bits per heavy atom. The van der Waals surface area contributed by atoms with Crippen LogP contribution >= 0.6 is 11.6 Å². The molecule has 5 rings (SSSR count). The number of hydrogen-bond acceptors (Lipinski definition) is 7. The summed E-state index contributed by atoms with van der Waals surface area (Å²) >= 11 is 6.44. The van der Waals surface area contributed by atoms with Crippen molar-refractivity contribution in [3.8, 4) is 0 Å². The molecule has 0 spiro atoms. The van der Waals surface area contributed by atoms with Gasteiger partial charge in [-0.15, -0.1) is 5.53 Å². The van der Waals surface area contributed by atoms with Gasteiger partial charge in [-0.3, -0.25) is 19.4 Å². The van der Waals surface area contributed by atoms with Gasteiger partial charge < -0.3 is 15.6 Å². The molecule has 13 heteroatoms. The Balaban J connectivity index is 1.36. The van der Waals surface area contributed by atoms with E-state index in [4.69, 9.17) is 11.6 Å². The number of amides is 1. The maximum absolute atomic E-state index is 13.7. The average molecular weight is 575 g/mol. The lowest BCUT2D eigenvalue weighted by Crippen LogP contribution is -2.43. The third-order valence-corrected chi connectivity index (χ3v) is 7.46. The summed E-state index contributed by atoms with van der Waals surface area (Å²) < 4.78 is 42.9. The number of anilines is 2. The first-order valence-electron chi connectivity index (χ1n) is 12.7. The number of hydrazine groups is 2. The van der Waals surface area contributed by atoms with Gasteiger partial charge in [0.05, 0.1) is 28.2 Å². The van der Waals surface area contributed by atoms with Gasteiger partial charge in [-0.2, -0.15) is 18.3 Å². The summed E-state index contributed by atoms with van der Waals surface area (Å²) in [6, 6.07) is 8.37. The standard InChI is InChI=1S/C27H30ClF3N8O/c1-17-22(14-32-37(17)3)24-16-39(35-34-24)25-12-19(4-5-23(25)28)26(40)33-21-11-18(10-20(13-21)27(29,30)31)15-38-8-6-36(2)7-9-38/h4-5,10-14,16,34-35H,6-9,15H2,1-3H3,(H,33,40). The van der Waals surface area contributed by atoms with E-state index < -0.39 is 17.6 Å². The van der Waals surface area contributed by atoms with Crippen LogP contribution in [0.15, 0.2) is 48.8 Å². The summed E-state index contributed by atoms with van der Waals surface area (Å²) in [6.45, 7) is 5.53. The SMILES string of the molecule is Cc1c(C2=CN(c3cc(C(=O)Nc4cc(CN5CCN(C)CC5)cc(C(F)(F)F)c4)ccc3Cl)NN2)cnn1C. The van der Waals surface area contributed by atoms with Gasteiger partial charge in [-0.25, -0.2) is 0 Å². The number of benzene rings is 2. The molecular weight excluding hydrogens is 545 g/mol.